The molecular formula is C12H21N5O. The zero-order chi connectivity index (χ0) is 13.1. The second-order valence-corrected chi connectivity index (χ2v) is 4.82. The van der Waals surface area contributed by atoms with E-state index in [0.29, 0.717) is 12.4 Å². The Bertz CT molecular complexity index is 409. The Labute approximate surface area is 108 Å². The normalized spacial score (nSPS) is 21.4. The van der Waals surface area contributed by atoms with Gasteiger partial charge in [0, 0.05) is 19.0 Å². The van der Waals surface area contributed by atoms with Crippen LogP contribution in [0.3, 0.4) is 0 Å². The van der Waals surface area contributed by atoms with Crippen LogP contribution in [-0.4, -0.2) is 46.1 Å². The summed E-state index contributed by atoms with van der Waals surface area (Å²) in [5, 5.41) is 0. The highest BCUT2D eigenvalue weighted by molar-refractivity contribution is 5.18. The van der Waals surface area contributed by atoms with Crippen molar-refractivity contribution in [2.45, 2.75) is 32.8 Å². The molecule has 6 nitrogen and oxygen atoms in total. The molecule has 1 saturated heterocycles. The highest BCUT2D eigenvalue weighted by Crippen LogP contribution is 2.21. The van der Waals surface area contributed by atoms with Gasteiger partial charge in [-0.3, -0.25) is 4.90 Å². The molecule has 0 bridgehead atoms. The summed E-state index contributed by atoms with van der Waals surface area (Å²) in [7, 11) is 0. The molecule has 0 radical (unpaired) electrons. The first kappa shape index (κ1) is 13.2. The van der Waals surface area contributed by atoms with Crippen molar-refractivity contribution in [2.75, 3.05) is 32.0 Å². The van der Waals surface area contributed by atoms with Crippen LogP contribution in [0.15, 0.2) is 0 Å². The second kappa shape index (κ2) is 5.58. The Morgan fingerprint density at radius 1 is 1.39 bits per heavy atom. The van der Waals surface area contributed by atoms with Crippen molar-refractivity contribution in [3.8, 4) is 0 Å². The summed E-state index contributed by atoms with van der Waals surface area (Å²) >= 11 is 0. The van der Waals surface area contributed by atoms with E-state index in [9.17, 15) is 0 Å². The van der Waals surface area contributed by atoms with Crippen LogP contribution in [0.1, 0.15) is 44.4 Å². The number of hydrogen-bond donors (Lipinski definition) is 1. The van der Waals surface area contributed by atoms with Crippen LogP contribution in [0.4, 0.5) is 5.95 Å². The molecule has 1 fully saturated rings. The number of aromatic nitrogens is 3. The summed E-state index contributed by atoms with van der Waals surface area (Å²) in [6.45, 7) is 9.72. The van der Waals surface area contributed by atoms with Crippen LogP contribution >= 0.6 is 0 Å². The van der Waals surface area contributed by atoms with Crippen molar-refractivity contribution >= 4 is 5.95 Å². The molecular weight excluding hydrogens is 230 g/mol. The van der Waals surface area contributed by atoms with Crippen molar-refractivity contribution in [3.05, 3.63) is 11.6 Å². The molecule has 2 N–H and O–H groups in total. The molecule has 2 heterocycles. The highest BCUT2D eigenvalue weighted by Gasteiger charge is 2.24. The fourth-order valence-corrected chi connectivity index (χ4v) is 1.98. The van der Waals surface area contributed by atoms with Gasteiger partial charge >= 0.3 is 0 Å². The lowest BCUT2D eigenvalue weighted by Crippen LogP contribution is -2.38. The van der Waals surface area contributed by atoms with Crippen molar-refractivity contribution < 1.29 is 4.74 Å². The molecule has 100 valence electrons. The van der Waals surface area contributed by atoms with Crippen LogP contribution in [0, 0.1) is 0 Å². The summed E-state index contributed by atoms with van der Waals surface area (Å²) in [4.78, 5) is 15.2. The SMILES string of the molecule is CCN1CCOC(c2nc(N)nc(C(C)C)n2)C1. The van der Waals surface area contributed by atoms with Crippen molar-refractivity contribution in [2.24, 2.45) is 0 Å². The number of ether oxygens (including phenoxy) is 1. The molecule has 6 heteroatoms. The molecule has 1 aliphatic rings. The van der Waals surface area contributed by atoms with Gasteiger partial charge in [-0.1, -0.05) is 20.8 Å². The zero-order valence-electron chi connectivity index (χ0n) is 11.3. The number of rotatable bonds is 3. The fourth-order valence-electron chi connectivity index (χ4n) is 1.98. The van der Waals surface area contributed by atoms with Crippen molar-refractivity contribution in [3.63, 3.8) is 0 Å². The Balaban J connectivity index is 2.21. The average molecular weight is 251 g/mol. The van der Waals surface area contributed by atoms with E-state index in [0.717, 1.165) is 25.5 Å². The van der Waals surface area contributed by atoms with E-state index in [1.807, 2.05) is 13.8 Å². The van der Waals surface area contributed by atoms with Crippen LogP contribution < -0.4 is 5.73 Å². The van der Waals surface area contributed by atoms with Gasteiger partial charge in [0.25, 0.3) is 0 Å². The van der Waals surface area contributed by atoms with E-state index in [2.05, 4.69) is 26.8 Å². The molecule has 0 amide bonds. The van der Waals surface area contributed by atoms with E-state index in [-0.39, 0.29) is 18.0 Å². The first-order valence-corrected chi connectivity index (χ1v) is 6.45. The Hall–Kier alpha value is -1.27. The summed E-state index contributed by atoms with van der Waals surface area (Å²) in [6.07, 6.45) is -0.0958. The molecule has 2 rings (SSSR count). The predicted octanol–water partition coefficient (Wildman–Crippen LogP) is 0.970. The van der Waals surface area contributed by atoms with E-state index in [4.69, 9.17) is 10.5 Å². The van der Waals surface area contributed by atoms with E-state index >= 15 is 0 Å². The molecule has 1 aromatic rings. The molecule has 1 unspecified atom stereocenters. The molecule has 1 aromatic heterocycles. The van der Waals surface area contributed by atoms with Crippen LogP contribution in [0.2, 0.25) is 0 Å². The largest absolute Gasteiger partial charge is 0.368 e. The maximum atomic E-state index is 5.74. The minimum atomic E-state index is -0.0958. The standard InChI is InChI=1S/C12H21N5O/c1-4-17-5-6-18-9(7-17)11-14-10(8(2)3)15-12(13)16-11/h8-9H,4-7H2,1-3H3,(H2,13,14,15,16). The van der Waals surface area contributed by atoms with E-state index in [1.165, 1.54) is 0 Å². The predicted molar refractivity (Wildman–Crippen MR) is 69.1 cm³/mol. The van der Waals surface area contributed by atoms with Gasteiger partial charge in [0.15, 0.2) is 5.82 Å². The minimum Gasteiger partial charge on any atom is -0.368 e. The number of anilines is 1. The molecule has 1 aliphatic heterocycles. The van der Waals surface area contributed by atoms with Gasteiger partial charge < -0.3 is 10.5 Å². The quantitative estimate of drug-likeness (QED) is 0.862. The van der Waals surface area contributed by atoms with Gasteiger partial charge in [-0.25, -0.2) is 4.98 Å². The maximum Gasteiger partial charge on any atom is 0.223 e. The summed E-state index contributed by atoms with van der Waals surface area (Å²) in [5.41, 5.74) is 5.74. The lowest BCUT2D eigenvalue weighted by Gasteiger charge is -2.31. The van der Waals surface area contributed by atoms with Crippen LogP contribution in [0.25, 0.3) is 0 Å². The third kappa shape index (κ3) is 2.94. The van der Waals surface area contributed by atoms with E-state index < -0.39 is 0 Å². The Morgan fingerprint density at radius 3 is 2.83 bits per heavy atom. The minimum absolute atomic E-state index is 0.0958. The Morgan fingerprint density at radius 2 is 2.17 bits per heavy atom. The maximum absolute atomic E-state index is 5.74. The lowest BCUT2D eigenvalue weighted by atomic mass is 10.2. The monoisotopic (exact) mass is 251 g/mol. The summed E-state index contributed by atoms with van der Waals surface area (Å²) in [5.74, 6) is 1.90. The van der Waals surface area contributed by atoms with Crippen LogP contribution in [-0.2, 0) is 4.74 Å². The molecule has 0 aromatic carbocycles. The second-order valence-electron chi connectivity index (χ2n) is 4.82. The first-order valence-electron chi connectivity index (χ1n) is 6.45. The number of nitrogen functional groups attached to an aromatic ring is 1. The van der Waals surface area contributed by atoms with Gasteiger partial charge in [0.05, 0.1) is 6.61 Å². The zero-order valence-corrected chi connectivity index (χ0v) is 11.3. The smallest absolute Gasteiger partial charge is 0.223 e. The molecule has 0 spiro atoms. The molecule has 0 aliphatic carbocycles. The van der Waals surface area contributed by atoms with Gasteiger partial charge in [0.2, 0.25) is 5.95 Å². The fraction of sp³-hybridized carbons (Fsp3) is 0.750. The Kier molecular flexibility index (Phi) is 4.08. The topological polar surface area (TPSA) is 77.2 Å². The van der Waals surface area contributed by atoms with Gasteiger partial charge in [-0.05, 0) is 6.54 Å². The first-order chi connectivity index (χ1) is 8.60. The average Bonchev–Trinajstić information content (AvgIpc) is 2.38. The van der Waals surface area contributed by atoms with Crippen molar-refractivity contribution in [1.29, 1.82) is 0 Å². The van der Waals surface area contributed by atoms with E-state index in [1.54, 1.807) is 0 Å². The third-order valence-electron chi connectivity index (χ3n) is 3.09. The molecule has 0 saturated carbocycles. The van der Waals surface area contributed by atoms with Gasteiger partial charge in [-0.15, -0.1) is 0 Å². The number of hydrogen-bond acceptors (Lipinski definition) is 6. The number of nitrogens with zero attached hydrogens (tertiary/aromatic N) is 4. The van der Waals surface area contributed by atoms with Gasteiger partial charge in [-0.2, -0.15) is 9.97 Å². The van der Waals surface area contributed by atoms with Crippen LogP contribution in [0.5, 0.6) is 0 Å². The summed E-state index contributed by atoms with van der Waals surface area (Å²) < 4.78 is 5.74. The number of likely N-dealkylation sites (N-methyl/N-ethyl adjacent to an activating group) is 1. The molecule has 18 heavy (non-hydrogen) atoms. The number of nitrogens with two attached hydrogens (primary N) is 1. The lowest BCUT2D eigenvalue weighted by molar-refractivity contribution is -0.0327. The van der Waals surface area contributed by atoms with Crippen molar-refractivity contribution in [1.82, 2.24) is 19.9 Å². The molecule has 1 atom stereocenters. The van der Waals surface area contributed by atoms with Gasteiger partial charge in [0.1, 0.15) is 11.9 Å². The third-order valence-corrected chi connectivity index (χ3v) is 3.09. The number of morpholine rings is 1. The highest BCUT2D eigenvalue weighted by atomic mass is 16.5. The summed E-state index contributed by atoms with van der Waals surface area (Å²) in [6, 6.07) is 0.